The molecular formula is C24H23ClN2O. The Labute approximate surface area is 171 Å². The van der Waals surface area contributed by atoms with Crippen LogP contribution in [-0.2, 0) is 6.54 Å². The molecule has 0 saturated heterocycles. The molecular weight excluding hydrogens is 368 g/mol. The largest absolute Gasteiger partial charge is 0.439 e. The quantitative estimate of drug-likeness (QED) is 0.438. The second-order valence-corrected chi connectivity index (χ2v) is 6.82. The Morgan fingerprint density at radius 1 is 0.893 bits per heavy atom. The third kappa shape index (κ3) is 5.56. The van der Waals surface area contributed by atoms with Crippen LogP contribution in [0.2, 0.25) is 5.02 Å². The van der Waals surface area contributed by atoms with Gasteiger partial charge in [0, 0.05) is 22.5 Å². The normalized spacial score (nSPS) is 10.2. The first-order valence-corrected chi connectivity index (χ1v) is 9.52. The van der Waals surface area contributed by atoms with Crippen molar-refractivity contribution in [3.05, 3.63) is 101 Å². The number of pyridine rings is 1. The van der Waals surface area contributed by atoms with Crippen LogP contribution >= 0.6 is 11.6 Å². The molecule has 0 aliphatic carbocycles. The molecule has 0 aliphatic heterocycles. The van der Waals surface area contributed by atoms with Crippen molar-refractivity contribution in [3.8, 4) is 11.6 Å². The molecule has 28 heavy (non-hydrogen) atoms. The average Bonchev–Trinajstić information content (AvgIpc) is 2.71. The summed E-state index contributed by atoms with van der Waals surface area (Å²) in [6, 6.07) is 27.6. The van der Waals surface area contributed by atoms with Gasteiger partial charge in [0.25, 0.3) is 0 Å². The van der Waals surface area contributed by atoms with E-state index in [0.29, 0.717) is 17.4 Å². The van der Waals surface area contributed by atoms with Crippen LogP contribution < -0.4 is 10.1 Å². The molecule has 0 aliphatic rings. The van der Waals surface area contributed by atoms with Crippen molar-refractivity contribution in [2.45, 2.75) is 13.5 Å². The first-order chi connectivity index (χ1) is 13.7. The number of halogens is 1. The van der Waals surface area contributed by atoms with E-state index in [1.165, 1.54) is 5.56 Å². The molecule has 4 heteroatoms. The molecule has 0 saturated carbocycles. The average molecular weight is 391 g/mol. The van der Waals surface area contributed by atoms with Gasteiger partial charge in [-0.1, -0.05) is 65.7 Å². The number of fused-ring (bicyclic) bond motifs is 1. The van der Waals surface area contributed by atoms with Gasteiger partial charge < -0.3 is 10.1 Å². The molecule has 0 spiro atoms. The lowest BCUT2D eigenvalue weighted by molar-refractivity contribution is 0.456. The number of hydrogen-bond donors (Lipinski definition) is 1. The Bertz CT molecular complexity index is 1020. The lowest BCUT2D eigenvalue weighted by Crippen LogP contribution is -2.07. The Hall–Kier alpha value is -2.88. The Morgan fingerprint density at radius 2 is 1.57 bits per heavy atom. The summed E-state index contributed by atoms with van der Waals surface area (Å²) < 4.78 is 5.92. The topological polar surface area (TPSA) is 34.2 Å². The van der Waals surface area contributed by atoms with Gasteiger partial charge in [0.15, 0.2) is 0 Å². The van der Waals surface area contributed by atoms with E-state index in [1.807, 2.05) is 61.6 Å². The maximum absolute atomic E-state index is 5.92. The Balaban J connectivity index is 0.000000271. The number of benzene rings is 3. The van der Waals surface area contributed by atoms with Gasteiger partial charge in [-0.15, -0.1) is 0 Å². The SMILES string of the molecule is CNCc1cc2ccccc2nc1Oc1ccc(Cl)cc1.Cc1ccccc1. The molecule has 1 N–H and O–H groups in total. The number of ether oxygens (including phenoxy) is 1. The number of nitrogens with zero attached hydrogens (tertiary/aromatic N) is 1. The third-order valence-corrected chi connectivity index (χ3v) is 4.35. The summed E-state index contributed by atoms with van der Waals surface area (Å²) in [6.45, 7) is 2.78. The van der Waals surface area contributed by atoms with Gasteiger partial charge in [0.1, 0.15) is 5.75 Å². The van der Waals surface area contributed by atoms with Crippen LogP contribution in [0.1, 0.15) is 11.1 Å². The third-order valence-electron chi connectivity index (χ3n) is 4.10. The van der Waals surface area contributed by atoms with Gasteiger partial charge >= 0.3 is 0 Å². The van der Waals surface area contributed by atoms with Crippen molar-refractivity contribution in [3.63, 3.8) is 0 Å². The van der Waals surface area contributed by atoms with Crippen molar-refractivity contribution in [1.29, 1.82) is 0 Å². The predicted molar refractivity (Wildman–Crippen MR) is 117 cm³/mol. The highest BCUT2D eigenvalue weighted by molar-refractivity contribution is 6.30. The summed E-state index contributed by atoms with van der Waals surface area (Å²) in [5, 5.41) is 4.93. The van der Waals surface area contributed by atoms with Gasteiger partial charge in [-0.05, 0) is 50.4 Å². The fourth-order valence-electron chi connectivity index (χ4n) is 2.70. The zero-order chi connectivity index (χ0) is 19.8. The van der Waals surface area contributed by atoms with Crippen LogP contribution in [0.25, 0.3) is 10.9 Å². The van der Waals surface area contributed by atoms with E-state index in [2.05, 4.69) is 35.4 Å². The van der Waals surface area contributed by atoms with E-state index in [9.17, 15) is 0 Å². The first kappa shape index (κ1) is 19.9. The van der Waals surface area contributed by atoms with E-state index >= 15 is 0 Å². The van der Waals surface area contributed by atoms with E-state index in [-0.39, 0.29) is 0 Å². The molecule has 3 nitrogen and oxygen atoms in total. The van der Waals surface area contributed by atoms with Crippen LogP contribution in [-0.4, -0.2) is 12.0 Å². The fourth-order valence-corrected chi connectivity index (χ4v) is 2.82. The number of rotatable bonds is 4. The van der Waals surface area contributed by atoms with Gasteiger partial charge in [-0.25, -0.2) is 4.98 Å². The van der Waals surface area contributed by atoms with Gasteiger partial charge in [0.2, 0.25) is 5.88 Å². The summed E-state index contributed by atoms with van der Waals surface area (Å²) in [4.78, 5) is 4.62. The highest BCUT2D eigenvalue weighted by Crippen LogP contribution is 2.27. The van der Waals surface area contributed by atoms with Crippen LogP contribution in [0.5, 0.6) is 11.6 Å². The molecule has 3 aromatic carbocycles. The molecule has 0 bridgehead atoms. The van der Waals surface area contributed by atoms with Gasteiger partial charge in [0.05, 0.1) is 5.52 Å². The molecule has 0 fully saturated rings. The highest BCUT2D eigenvalue weighted by Gasteiger charge is 2.09. The van der Waals surface area contributed by atoms with E-state index < -0.39 is 0 Å². The first-order valence-electron chi connectivity index (χ1n) is 9.14. The number of aromatic nitrogens is 1. The monoisotopic (exact) mass is 390 g/mol. The standard InChI is InChI=1S/C17H15ClN2O.C7H8/c1-19-11-13-10-12-4-2-3-5-16(12)20-17(13)21-15-8-6-14(18)7-9-15;1-7-5-3-2-4-6-7/h2-10,19H,11H2,1H3;2-6H,1H3. The lowest BCUT2D eigenvalue weighted by atomic mass is 10.1. The smallest absolute Gasteiger partial charge is 0.224 e. The second kappa shape index (κ2) is 9.88. The lowest BCUT2D eigenvalue weighted by Gasteiger charge is -2.11. The van der Waals surface area contributed by atoms with E-state index in [1.54, 1.807) is 12.1 Å². The molecule has 142 valence electrons. The molecule has 0 amide bonds. The van der Waals surface area contributed by atoms with E-state index in [4.69, 9.17) is 16.3 Å². The molecule has 1 heterocycles. The maximum Gasteiger partial charge on any atom is 0.224 e. The summed E-state index contributed by atoms with van der Waals surface area (Å²) in [5.41, 5.74) is 3.26. The minimum Gasteiger partial charge on any atom is -0.439 e. The van der Waals surface area contributed by atoms with Crippen molar-refractivity contribution < 1.29 is 4.74 Å². The summed E-state index contributed by atoms with van der Waals surface area (Å²) in [6.07, 6.45) is 0. The fraction of sp³-hybridized carbons (Fsp3) is 0.125. The minimum atomic E-state index is 0.616. The van der Waals surface area contributed by atoms with Crippen LogP contribution in [0, 0.1) is 6.92 Å². The molecule has 0 atom stereocenters. The molecule has 4 aromatic rings. The van der Waals surface area contributed by atoms with Crippen molar-refractivity contribution in [2.75, 3.05) is 7.05 Å². The number of para-hydroxylation sites is 1. The summed E-state index contributed by atoms with van der Waals surface area (Å²) in [7, 11) is 1.90. The molecule has 0 radical (unpaired) electrons. The van der Waals surface area contributed by atoms with E-state index in [0.717, 1.165) is 22.2 Å². The molecule has 4 rings (SSSR count). The molecule has 0 unspecified atom stereocenters. The number of hydrogen-bond acceptors (Lipinski definition) is 3. The highest BCUT2D eigenvalue weighted by atomic mass is 35.5. The summed E-state index contributed by atoms with van der Waals surface area (Å²) in [5.74, 6) is 1.34. The molecule has 1 aromatic heterocycles. The second-order valence-electron chi connectivity index (χ2n) is 6.39. The minimum absolute atomic E-state index is 0.616. The van der Waals surface area contributed by atoms with Crippen molar-refractivity contribution in [1.82, 2.24) is 10.3 Å². The summed E-state index contributed by atoms with van der Waals surface area (Å²) >= 11 is 5.89. The van der Waals surface area contributed by atoms with Crippen molar-refractivity contribution >= 4 is 22.5 Å². The predicted octanol–water partition coefficient (Wildman–Crippen LogP) is 6.39. The van der Waals surface area contributed by atoms with Crippen molar-refractivity contribution in [2.24, 2.45) is 0 Å². The van der Waals surface area contributed by atoms with Crippen LogP contribution in [0.3, 0.4) is 0 Å². The maximum atomic E-state index is 5.92. The van der Waals surface area contributed by atoms with Crippen LogP contribution in [0.15, 0.2) is 84.9 Å². The van der Waals surface area contributed by atoms with Gasteiger partial charge in [-0.3, -0.25) is 0 Å². The van der Waals surface area contributed by atoms with Gasteiger partial charge in [-0.2, -0.15) is 0 Å². The Kier molecular flexibility index (Phi) is 7.01. The number of aryl methyl sites for hydroxylation is 1. The number of nitrogens with one attached hydrogen (secondary N) is 1. The zero-order valence-corrected chi connectivity index (χ0v) is 16.8. The van der Waals surface area contributed by atoms with Crippen LogP contribution in [0.4, 0.5) is 0 Å². The Morgan fingerprint density at radius 3 is 2.21 bits per heavy atom. The zero-order valence-electron chi connectivity index (χ0n) is 16.0.